The molecular weight excluding hydrogens is 372 g/mol. The largest absolute Gasteiger partial charge is 0.493 e. The number of fused-ring (bicyclic) bond motifs is 1. The molecule has 8 heteroatoms. The van der Waals surface area contributed by atoms with Gasteiger partial charge in [-0.25, -0.2) is 4.98 Å². The van der Waals surface area contributed by atoms with Crippen LogP contribution in [0, 0.1) is 5.92 Å². The molecule has 0 saturated carbocycles. The molecule has 3 rings (SSSR count). The number of carbonyl (C=O) groups is 2. The molecule has 0 aliphatic carbocycles. The minimum Gasteiger partial charge on any atom is -0.493 e. The quantitative estimate of drug-likeness (QED) is 0.532. The Morgan fingerprint density at radius 3 is 2.41 bits per heavy atom. The highest BCUT2D eigenvalue weighted by Gasteiger charge is 2.13. The first kappa shape index (κ1) is 20.2. The van der Waals surface area contributed by atoms with Crippen molar-refractivity contribution in [3.8, 4) is 11.5 Å². The van der Waals surface area contributed by atoms with Gasteiger partial charge in [-0.05, 0) is 48.7 Å². The summed E-state index contributed by atoms with van der Waals surface area (Å²) in [5.41, 5.74) is 7.04. The third-order valence-corrected chi connectivity index (χ3v) is 4.35. The van der Waals surface area contributed by atoms with Crippen molar-refractivity contribution in [2.75, 3.05) is 13.7 Å². The van der Waals surface area contributed by atoms with Crippen LogP contribution in [0.4, 0.5) is 0 Å². The monoisotopic (exact) mass is 396 g/mol. The van der Waals surface area contributed by atoms with E-state index in [1.165, 1.54) is 7.11 Å². The summed E-state index contributed by atoms with van der Waals surface area (Å²) in [6.07, 6.45) is 2.47. The molecule has 152 valence electrons. The van der Waals surface area contributed by atoms with Gasteiger partial charge in [0.1, 0.15) is 0 Å². The summed E-state index contributed by atoms with van der Waals surface area (Å²) in [4.78, 5) is 31.7. The lowest BCUT2D eigenvalue weighted by Gasteiger charge is -2.13. The van der Waals surface area contributed by atoms with Crippen molar-refractivity contribution >= 4 is 22.8 Å². The van der Waals surface area contributed by atoms with Crippen molar-refractivity contribution in [2.24, 2.45) is 5.92 Å². The number of nitrogens with one attached hydrogen (secondary N) is 3. The molecule has 0 aliphatic heterocycles. The Morgan fingerprint density at radius 1 is 1.03 bits per heavy atom. The van der Waals surface area contributed by atoms with Crippen LogP contribution in [0.1, 0.15) is 41.0 Å². The van der Waals surface area contributed by atoms with Gasteiger partial charge in [-0.15, -0.1) is 0 Å². The topological polar surface area (TPSA) is 105 Å². The number of ether oxygens (including phenoxy) is 2. The summed E-state index contributed by atoms with van der Waals surface area (Å²) in [7, 11) is 1.51. The predicted molar refractivity (Wildman–Crippen MR) is 109 cm³/mol. The van der Waals surface area contributed by atoms with Gasteiger partial charge in [-0.2, -0.15) is 0 Å². The molecular formula is C21H24N4O4. The van der Waals surface area contributed by atoms with Crippen LogP contribution in [0.2, 0.25) is 0 Å². The van der Waals surface area contributed by atoms with Gasteiger partial charge >= 0.3 is 0 Å². The summed E-state index contributed by atoms with van der Waals surface area (Å²) in [6, 6.07) is 9.90. The van der Waals surface area contributed by atoms with Crippen LogP contribution in [0.5, 0.6) is 11.5 Å². The number of amides is 2. The number of rotatable bonds is 7. The van der Waals surface area contributed by atoms with Crippen LogP contribution >= 0.6 is 0 Å². The molecule has 0 saturated heterocycles. The van der Waals surface area contributed by atoms with Crippen molar-refractivity contribution in [3.63, 3.8) is 0 Å². The second kappa shape index (κ2) is 9.09. The fourth-order valence-electron chi connectivity index (χ4n) is 2.67. The molecule has 2 amide bonds. The lowest BCUT2D eigenvalue weighted by atomic mass is 10.1. The van der Waals surface area contributed by atoms with E-state index in [1.54, 1.807) is 42.7 Å². The number of benzene rings is 2. The number of H-pyrrole nitrogens is 1. The lowest BCUT2D eigenvalue weighted by molar-refractivity contribution is 0.0846. The number of hydrogen-bond donors (Lipinski definition) is 3. The van der Waals surface area contributed by atoms with E-state index in [0.29, 0.717) is 35.2 Å². The van der Waals surface area contributed by atoms with Crippen LogP contribution < -0.4 is 20.3 Å². The molecule has 0 bridgehead atoms. The number of carbonyl (C=O) groups excluding carboxylic acids is 2. The smallest absolute Gasteiger partial charge is 0.269 e. The highest BCUT2D eigenvalue weighted by atomic mass is 16.5. The molecule has 0 radical (unpaired) electrons. The minimum absolute atomic E-state index is 0.336. The first-order chi connectivity index (χ1) is 14.0. The third-order valence-electron chi connectivity index (χ3n) is 4.35. The number of hydrazine groups is 1. The Kier molecular flexibility index (Phi) is 6.33. The van der Waals surface area contributed by atoms with Crippen molar-refractivity contribution in [3.05, 3.63) is 53.9 Å². The van der Waals surface area contributed by atoms with Crippen LogP contribution in [-0.2, 0) is 0 Å². The predicted octanol–water partition coefficient (Wildman–Crippen LogP) is 3.07. The van der Waals surface area contributed by atoms with E-state index in [2.05, 4.69) is 34.7 Å². The maximum Gasteiger partial charge on any atom is 0.269 e. The Labute approximate surface area is 168 Å². The average molecular weight is 396 g/mol. The molecule has 0 aliphatic rings. The van der Waals surface area contributed by atoms with E-state index in [4.69, 9.17) is 9.47 Å². The summed E-state index contributed by atoms with van der Waals surface area (Å²) in [5, 5.41) is 0. The van der Waals surface area contributed by atoms with Crippen LogP contribution in [-0.4, -0.2) is 35.5 Å². The van der Waals surface area contributed by atoms with Gasteiger partial charge in [0.05, 0.1) is 31.1 Å². The molecule has 3 aromatic rings. The fraction of sp³-hybridized carbons (Fsp3) is 0.286. The molecule has 2 aromatic carbocycles. The SMILES string of the molecule is COc1cc(C(=O)NNC(=O)c2ccc3nc[nH]c3c2)ccc1OCCC(C)C. The normalized spacial score (nSPS) is 10.8. The average Bonchev–Trinajstić information content (AvgIpc) is 3.19. The second-order valence-corrected chi connectivity index (χ2v) is 6.94. The van der Waals surface area contributed by atoms with E-state index in [1.807, 2.05) is 0 Å². The maximum atomic E-state index is 12.4. The molecule has 0 fully saturated rings. The Morgan fingerprint density at radius 2 is 1.72 bits per heavy atom. The van der Waals surface area contributed by atoms with Crippen molar-refractivity contribution in [1.29, 1.82) is 0 Å². The minimum atomic E-state index is -0.465. The van der Waals surface area contributed by atoms with E-state index in [0.717, 1.165) is 17.5 Å². The van der Waals surface area contributed by atoms with Gasteiger partial charge in [0.25, 0.3) is 11.8 Å². The standard InChI is InChI=1S/C21H24N4O4/c1-13(2)8-9-29-18-7-5-15(11-19(18)28-3)21(27)25-24-20(26)14-4-6-16-17(10-14)23-12-22-16/h4-7,10-13H,8-9H2,1-3H3,(H,22,23)(H,24,26)(H,25,27). The Hall–Kier alpha value is -3.55. The molecule has 1 aromatic heterocycles. The third kappa shape index (κ3) is 5.04. The lowest BCUT2D eigenvalue weighted by Crippen LogP contribution is -2.41. The number of aromatic amines is 1. The summed E-state index contributed by atoms with van der Waals surface area (Å²) in [6.45, 7) is 4.81. The Bertz CT molecular complexity index is 1010. The zero-order valence-corrected chi connectivity index (χ0v) is 16.6. The van der Waals surface area contributed by atoms with Gasteiger partial charge in [-0.1, -0.05) is 13.8 Å². The number of imidazole rings is 1. The highest BCUT2D eigenvalue weighted by molar-refractivity contribution is 6.00. The summed E-state index contributed by atoms with van der Waals surface area (Å²) in [5.74, 6) is 0.658. The number of methoxy groups -OCH3 is 1. The molecule has 0 unspecified atom stereocenters. The molecule has 29 heavy (non-hydrogen) atoms. The first-order valence-corrected chi connectivity index (χ1v) is 9.32. The zero-order chi connectivity index (χ0) is 20.8. The van der Waals surface area contributed by atoms with Crippen LogP contribution in [0.15, 0.2) is 42.7 Å². The molecule has 8 nitrogen and oxygen atoms in total. The second-order valence-electron chi connectivity index (χ2n) is 6.94. The summed E-state index contributed by atoms with van der Waals surface area (Å²) < 4.78 is 11.0. The van der Waals surface area contributed by atoms with E-state index >= 15 is 0 Å². The van der Waals surface area contributed by atoms with Crippen molar-refractivity contribution in [2.45, 2.75) is 20.3 Å². The number of aromatic nitrogens is 2. The zero-order valence-electron chi connectivity index (χ0n) is 16.6. The molecule has 0 spiro atoms. The highest BCUT2D eigenvalue weighted by Crippen LogP contribution is 2.28. The molecule has 3 N–H and O–H groups in total. The summed E-state index contributed by atoms with van der Waals surface area (Å²) >= 11 is 0. The van der Waals surface area contributed by atoms with Crippen molar-refractivity contribution in [1.82, 2.24) is 20.8 Å². The van der Waals surface area contributed by atoms with Crippen LogP contribution in [0.25, 0.3) is 11.0 Å². The van der Waals surface area contributed by atoms with Crippen LogP contribution in [0.3, 0.4) is 0 Å². The van der Waals surface area contributed by atoms with Gasteiger partial charge in [0, 0.05) is 11.1 Å². The van der Waals surface area contributed by atoms with Gasteiger partial charge in [-0.3, -0.25) is 20.4 Å². The molecule has 1 heterocycles. The molecule has 0 atom stereocenters. The van der Waals surface area contributed by atoms with Gasteiger partial charge < -0.3 is 14.5 Å². The van der Waals surface area contributed by atoms with E-state index in [9.17, 15) is 9.59 Å². The van der Waals surface area contributed by atoms with Crippen molar-refractivity contribution < 1.29 is 19.1 Å². The number of hydrogen-bond acceptors (Lipinski definition) is 5. The first-order valence-electron chi connectivity index (χ1n) is 9.32. The number of nitrogens with zero attached hydrogens (tertiary/aromatic N) is 1. The fourth-order valence-corrected chi connectivity index (χ4v) is 2.67. The Balaban J connectivity index is 1.61. The van der Waals surface area contributed by atoms with Gasteiger partial charge in [0.15, 0.2) is 11.5 Å². The van der Waals surface area contributed by atoms with E-state index < -0.39 is 11.8 Å². The van der Waals surface area contributed by atoms with E-state index in [-0.39, 0.29) is 0 Å². The maximum absolute atomic E-state index is 12.4. The van der Waals surface area contributed by atoms with Gasteiger partial charge in [0.2, 0.25) is 0 Å².